The van der Waals surface area contributed by atoms with Crippen LogP contribution in [0.2, 0.25) is 0 Å². The van der Waals surface area contributed by atoms with Gasteiger partial charge in [-0.25, -0.2) is 0 Å². The van der Waals surface area contributed by atoms with Crippen LogP contribution in [0.3, 0.4) is 0 Å². The van der Waals surface area contributed by atoms with Crippen molar-refractivity contribution in [3.8, 4) is 11.3 Å². The quantitative estimate of drug-likeness (QED) is 0.251. The van der Waals surface area contributed by atoms with Gasteiger partial charge in [-0.2, -0.15) is 0 Å². The van der Waals surface area contributed by atoms with Gasteiger partial charge in [-0.1, -0.05) is 63.2 Å². The molecule has 3 heteroatoms. The molecular formula is C33H27NO2. The number of para-hydroxylation sites is 1. The number of benzene rings is 4. The van der Waals surface area contributed by atoms with E-state index >= 15 is 0 Å². The molecule has 1 unspecified atom stereocenters. The highest BCUT2D eigenvalue weighted by atomic mass is 16.3. The van der Waals surface area contributed by atoms with Crippen LogP contribution in [0.1, 0.15) is 37.4 Å². The van der Waals surface area contributed by atoms with E-state index in [1.165, 1.54) is 6.20 Å². The number of hydrogen-bond acceptors (Lipinski definition) is 3. The van der Waals surface area contributed by atoms with E-state index in [0.717, 1.165) is 54.6 Å². The van der Waals surface area contributed by atoms with Gasteiger partial charge in [-0.05, 0) is 65.5 Å². The minimum Gasteiger partial charge on any atom is -0.455 e. The summed E-state index contributed by atoms with van der Waals surface area (Å²) in [6, 6.07) is 24.1. The van der Waals surface area contributed by atoms with Crippen molar-refractivity contribution in [3.05, 3.63) is 90.1 Å². The van der Waals surface area contributed by atoms with Crippen LogP contribution in [0.4, 0.5) is 0 Å². The molecule has 36 heavy (non-hydrogen) atoms. The number of pyridine rings is 1. The van der Waals surface area contributed by atoms with Crippen molar-refractivity contribution in [3.63, 3.8) is 0 Å². The molecule has 1 atom stereocenters. The van der Waals surface area contributed by atoms with Crippen molar-refractivity contribution in [1.82, 2.24) is 4.98 Å². The van der Waals surface area contributed by atoms with Crippen LogP contribution < -0.4 is 0 Å². The first-order valence-corrected chi connectivity index (χ1v) is 12.1. The third kappa shape index (κ3) is 3.23. The first-order valence-electron chi connectivity index (χ1n) is 14.2. The van der Waals surface area contributed by atoms with Crippen LogP contribution in [0, 0.1) is 12.3 Å². The molecule has 0 aliphatic rings. The van der Waals surface area contributed by atoms with Gasteiger partial charge < -0.3 is 8.83 Å². The molecule has 3 aromatic heterocycles. The fourth-order valence-electron chi connectivity index (χ4n) is 5.20. The molecule has 0 radical (unpaired) electrons. The molecule has 3 nitrogen and oxygen atoms in total. The van der Waals surface area contributed by atoms with Crippen LogP contribution in [0.15, 0.2) is 87.8 Å². The Hall–Kier alpha value is -4.11. The summed E-state index contributed by atoms with van der Waals surface area (Å²) in [5.41, 5.74) is 4.50. The molecule has 0 amide bonds. The van der Waals surface area contributed by atoms with Crippen LogP contribution in [0.25, 0.3) is 65.9 Å². The molecular weight excluding hydrogens is 442 g/mol. The maximum absolute atomic E-state index is 8.86. The Kier molecular flexibility index (Phi) is 3.59. The molecule has 0 bridgehead atoms. The normalized spacial score (nSPS) is 15.4. The van der Waals surface area contributed by atoms with E-state index in [1.54, 1.807) is 6.07 Å². The lowest BCUT2D eigenvalue weighted by Crippen LogP contribution is -2.10. The average Bonchev–Trinajstić information content (AvgIpc) is 3.47. The number of furan rings is 2. The number of nitrogens with zero attached hydrogens (tertiary/aromatic N) is 1. The highest BCUT2D eigenvalue weighted by Crippen LogP contribution is 2.41. The predicted octanol–water partition coefficient (Wildman–Crippen LogP) is 9.60. The van der Waals surface area contributed by atoms with Gasteiger partial charge in [-0.15, -0.1) is 0 Å². The third-order valence-electron chi connectivity index (χ3n) is 6.78. The first kappa shape index (κ1) is 17.3. The average molecular weight is 474 g/mol. The van der Waals surface area contributed by atoms with Gasteiger partial charge in [-0.3, -0.25) is 4.98 Å². The second-order valence-electron chi connectivity index (χ2n) is 10.6. The number of hydrogen-bond donors (Lipinski definition) is 0. The zero-order chi connectivity index (χ0) is 28.0. The fourth-order valence-corrected chi connectivity index (χ4v) is 5.20. The summed E-state index contributed by atoms with van der Waals surface area (Å²) in [6.45, 7) is 3.46. The molecule has 0 aliphatic heterocycles. The van der Waals surface area contributed by atoms with Crippen molar-refractivity contribution in [2.45, 2.75) is 34.0 Å². The zero-order valence-electron chi connectivity index (χ0n) is 24.3. The highest BCUT2D eigenvalue weighted by molar-refractivity contribution is 6.19. The van der Waals surface area contributed by atoms with Crippen molar-refractivity contribution in [2.75, 3.05) is 0 Å². The lowest BCUT2D eigenvalue weighted by atomic mass is 9.86. The minimum atomic E-state index is -2.36. The van der Waals surface area contributed by atoms with Crippen molar-refractivity contribution < 1.29 is 14.3 Å². The maximum atomic E-state index is 8.86. The molecule has 4 aromatic carbocycles. The van der Waals surface area contributed by atoms with Crippen molar-refractivity contribution in [1.29, 1.82) is 0 Å². The first-order chi connectivity index (χ1) is 19.0. The largest absolute Gasteiger partial charge is 0.455 e. The number of fused-ring (bicyclic) bond motifs is 8. The van der Waals surface area contributed by atoms with Crippen LogP contribution in [0.5, 0.6) is 0 Å². The molecule has 3 heterocycles. The molecule has 0 N–H and O–H groups in total. The van der Waals surface area contributed by atoms with E-state index < -0.39 is 18.7 Å². The zero-order valence-corrected chi connectivity index (χ0v) is 20.3. The number of rotatable bonds is 2. The van der Waals surface area contributed by atoms with E-state index in [0.29, 0.717) is 16.8 Å². The second kappa shape index (κ2) is 7.44. The summed E-state index contributed by atoms with van der Waals surface area (Å²) in [6.07, 6.45) is 0.659. The Morgan fingerprint density at radius 1 is 0.778 bits per heavy atom. The summed E-state index contributed by atoms with van der Waals surface area (Å²) in [4.78, 5) is 4.55. The summed E-state index contributed by atoms with van der Waals surface area (Å²) in [7, 11) is 0. The SMILES string of the molecule is [2H]C(c1cc(-c2cccc3c2oc2cc4c(cc23)oc2c3ccccc3ccc42)ncc1C([2H])([2H])[2H])C(C)(C)C. The summed E-state index contributed by atoms with van der Waals surface area (Å²) < 4.78 is 45.8. The topological polar surface area (TPSA) is 39.2 Å². The van der Waals surface area contributed by atoms with Gasteiger partial charge in [0.1, 0.15) is 22.3 Å². The van der Waals surface area contributed by atoms with Crippen molar-refractivity contribution in [2.24, 2.45) is 5.41 Å². The molecule has 176 valence electrons. The van der Waals surface area contributed by atoms with E-state index in [1.807, 2.05) is 63.2 Å². The Labute approximate surface area is 215 Å². The number of aryl methyl sites for hydroxylation is 1. The van der Waals surface area contributed by atoms with E-state index in [2.05, 4.69) is 29.2 Å². The van der Waals surface area contributed by atoms with E-state index in [4.69, 9.17) is 14.3 Å². The van der Waals surface area contributed by atoms with Gasteiger partial charge in [0.05, 0.1) is 5.69 Å². The fraction of sp³-hybridized carbons (Fsp3) is 0.182. The highest BCUT2D eigenvalue weighted by Gasteiger charge is 2.19. The van der Waals surface area contributed by atoms with Gasteiger partial charge in [0, 0.05) is 44.2 Å². The van der Waals surface area contributed by atoms with Crippen LogP contribution in [-0.2, 0) is 6.40 Å². The Balaban J connectivity index is 1.45. The van der Waals surface area contributed by atoms with Gasteiger partial charge in [0.25, 0.3) is 0 Å². The predicted molar refractivity (Wildman–Crippen MR) is 150 cm³/mol. The van der Waals surface area contributed by atoms with Crippen molar-refractivity contribution >= 4 is 54.6 Å². The molecule has 0 fully saturated rings. The molecule has 0 spiro atoms. The monoisotopic (exact) mass is 473 g/mol. The summed E-state index contributed by atoms with van der Waals surface area (Å²) in [5.74, 6) is 0. The van der Waals surface area contributed by atoms with Gasteiger partial charge >= 0.3 is 0 Å². The molecule has 7 rings (SSSR count). The second-order valence-corrected chi connectivity index (χ2v) is 10.6. The maximum Gasteiger partial charge on any atom is 0.144 e. The van der Waals surface area contributed by atoms with Gasteiger partial charge in [0.2, 0.25) is 0 Å². The summed E-state index contributed by atoms with van der Waals surface area (Å²) >= 11 is 0. The minimum absolute atomic E-state index is 0.114. The Morgan fingerprint density at radius 2 is 1.50 bits per heavy atom. The third-order valence-corrected chi connectivity index (χ3v) is 6.78. The molecule has 7 aromatic rings. The van der Waals surface area contributed by atoms with Crippen LogP contribution in [-0.4, -0.2) is 4.98 Å². The lowest BCUT2D eigenvalue weighted by molar-refractivity contribution is 0.410. The van der Waals surface area contributed by atoms with Gasteiger partial charge in [0.15, 0.2) is 0 Å². The van der Waals surface area contributed by atoms with E-state index in [-0.39, 0.29) is 5.56 Å². The number of aromatic nitrogens is 1. The smallest absolute Gasteiger partial charge is 0.144 e. The standard InChI is InChI=1S/C33H27NO2/c1-19-18-34-28(14-21(19)17-33(2,3)4)25-11-7-10-23-26-15-30-27(16-29(26)36-32(23)25)24-13-12-20-8-5-6-9-22(20)31(24)35-30/h5-16,18H,17H2,1-4H3/i1D3,17D. The molecule has 0 saturated heterocycles. The molecule has 0 saturated carbocycles. The molecule has 0 aliphatic carbocycles. The van der Waals surface area contributed by atoms with Crippen LogP contribution >= 0.6 is 0 Å². The Bertz CT molecular complexity index is 2110. The Morgan fingerprint density at radius 3 is 2.28 bits per heavy atom. The lowest BCUT2D eigenvalue weighted by Gasteiger charge is -2.20. The van der Waals surface area contributed by atoms with E-state index in [9.17, 15) is 0 Å². The summed E-state index contributed by atoms with van der Waals surface area (Å²) in [5, 5.41) is 6.07.